The van der Waals surface area contributed by atoms with E-state index in [4.69, 9.17) is 4.74 Å². The topological polar surface area (TPSA) is 29.5 Å². The van der Waals surface area contributed by atoms with Crippen LogP contribution in [-0.4, -0.2) is 30.0 Å². The average molecular weight is 341 g/mol. The van der Waals surface area contributed by atoms with E-state index in [0.717, 1.165) is 43.7 Å². The Kier molecular flexibility index (Phi) is 4.95. The summed E-state index contributed by atoms with van der Waals surface area (Å²) in [5, 5.41) is 0. The zero-order valence-electron chi connectivity index (χ0n) is 16.0. The zero-order valence-corrected chi connectivity index (χ0v) is 16.0. The fraction of sp³-hybridized carbons (Fsp3) is 0.591. The Morgan fingerprint density at radius 3 is 2.64 bits per heavy atom. The normalized spacial score (nSPS) is 27.7. The number of rotatable bonds is 5. The highest BCUT2D eigenvalue weighted by Crippen LogP contribution is 2.52. The maximum Gasteiger partial charge on any atom is 0.246 e. The summed E-state index contributed by atoms with van der Waals surface area (Å²) >= 11 is 0. The van der Waals surface area contributed by atoms with Gasteiger partial charge in [-0.25, -0.2) is 0 Å². The van der Waals surface area contributed by atoms with Crippen LogP contribution in [-0.2, 0) is 4.79 Å². The molecule has 1 aliphatic carbocycles. The van der Waals surface area contributed by atoms with Gasteiger partial charge in [0.2, 0.25) is 5.91 Å². The minimum Gasteiger partial charge on any atom is -0.494 e. The van der Waals surface area contributed by atoms with Crippen molar-refractivity contribution in [2.75, 3.05) is 13.2 Å². The summed E-state index contributed by atoms with van der Waals surface area (Å²) in [5.41, 5.74) is 1.66. The van der Waals surface area contributed by atoms with E-state index in [1.165, 1.54) is 6.42 Å². The van der Waals surface area contributed by atoms with E-state index < -0.39 is 0 Å². The van der Waals surface area contributed by atoms with Gasteiger partial charge < -0.3 is 9.64 Å². The molecule has 2 aliphatic rings. The van der Waals surface area contributed by atoms with E-state index in [9.17, 15) is 4.79 Å². The molecule has 3 nitrogen and oxygen atoms in total. The van der Waals surface area contributed by atoms with Crippen LogP contribution in [0.15, 0.2) is 30.3 Å². The van der Waals surface area contributed by atoms with E-state index in [1.54, 1.807) is 6.08 Å². The molecule has 1 aliphatic heterocycles. The highest BCUT2D eigenvalue weighted by molar-refractivity contribution is 5.92. The first-order valence-electron chi connectivity index (χ1n) is 9.52. The molecular weight excluding hydrogens is 310 g/mol. The van der Waals surface area contributed by atoms with E-state index in [-0.39, 0.29) is 11.3 Å². The average Bonchev–Trinajstić information content (AvgIpc) is 2.80. The molecular formula is C22H31NO2. The Labute approximate surface area is 152 Å². The van der Waals surface area contributed by atoms with Gasteiger partial charge in [0, 0.05) is 18.7 Å². The summed E-state index contributed by atoms with van der Waals surface area (Å²) in [6.07, 6.45) is 8.14. The molecule has 136 valence electrons. The smallest absolute Gasteiger partial charge is 0.246 e. The third kappa shape index (κ3) is 4.26. The molecule has 1 aromatic carbocycles. The van der Waals surface area contributed by atoms with Crippen LogP contribution in [0.4, 0.5) is 0 Å². The van der Waals surface area contributed by atoms with Crippen LogP contribution < -0.4 is 4.74 Å². The fourth-order valence-electron chi connectivity index (χ4n) is 4.88. The van der Waals surface area contributed by atoms with Gasteiger partial charge in [-0.2, -0.15) is 0 Å². The van der Waals surface area contributed by atoms with Crippen LogP contribution in [0.3, 0.4) is 0 Å². The van der Waals surface area contributed by atoms with Crippen molar-refractivity contribution >= 4 is 12.0 Å². The molecule has 2 unspecified atom stereocenters. The molecule has 25 heavy (non-hydrogen) atoms. The molecule has 0 radical (unpaired) electrons. The van der Waals surface area contributed by atoms with Crippen LogP contribution in [0.1, 0.15) is 58.9 Å². The lowest BCUT2D eigenvalue weighted by Crippen LogP contribution is -2.36. The maximum atomic E-state index is 12.7. The van der Waals surface area contributed by atoms with E-state index in [2.05, 4.69) is 32.6 Å². The van der Waals surface area contributed by atoms with Gasteiger partial charge in [0.05, 0.1) is 6.61 Å². The third-order valence-electron chi connectivity index (χ3n) is 5.47. The Bertz CT molecular complexity index is 646. The van der Waals surface area contributed by atoms with Crippen molar-refractivity contribution in [1.82, 2.24) is 4.90 Å². The predicted molar refractivity (Wildman–Crippen MR) is 103 cm³/mol. The lowest BCUT2D eigenvalue weighted by molar-refractivity contribution is -0.127. The summed E-state index contributed by atoms with van der Waals surface area (Å²) < 4.78 is 5.60. The van der Waals surface area contributed by atoms with Crippen molar-refractivity contribution < 1.29 is 9.53 Å². The predicted octanol–water partition coefficient (Wildman–Crippen LogP) is 4.92. The Morgan fingerprint density at radius 1 is 1.24 bits per heavy atom. The van der Waals surface area contributed by atoms with Crippen molar-refractivity contribution in [3.8, 4) is 5.75 Å². The number of carbonyl (C=O) groups is 1. The van der Waals surface area contributed by atoms with Gasteiger partial charge in [-0.1, -0.05) is 39.8 Å². The fourth-order valence-corrected chi connectivity index (χ4v) is 4.88. The van der Waals surface area contributed by atoms with Crippen LogP contribution in [0.2, 0.25) is 0 Å². The molecule has 1 amide bonds. The van der Waals surface area contributed by atoms with Crippen LogP contribution in [0.25, 0.3) is 6.08 Å². The number of carbonyl (C=O) groups excluding carboxylic acids is 1. The van der Waals surface area contributed by atoms with Crippen molar-refractivity contribution in [1.29, 1.82) is 0 Å². The molecule has 2 fully saturated rings. The number of hydrogen-bond acceptors (Lipinski definition) is 2. The minimum absolute atomic E-state index is 0.151. The van der Waals surface area contributed by atoms with Crippen LogP contribution in [0, 0.1) is 10.8 Å². The molecule has 2 atom stereocenters. The molecule has 1 aromatic rings. The molecule has 1 saturated heterocycles. The summed E-state index contributed by atoms with van der Waals surface area (Å²) in [6, 6.07) is 8.33. The van der Waals surface area contributed by atoms with Gasteiger partial charge in [-0.05, 0) is 60.3 Å². The largest absolute Gasteiger partial charge is 0.494 e. The molecule has 0 N–H and O–H groups in total. The van der Waals surface area contributed by atoms with Gasteiger partial charge in [0.1, 0.15) is 5.75 Å². The van der Waals surface area contributed by atoms with Crippen molar-refractivity contribution in [3.63, 3.8) is 0 Å². The van der Waals surface area contributed by atoms with Crippen molar-refractivity contribution in [2.45, 2.75) is 59.4 Å². The van der Waals surface area contributed by atoms with Gasteiger partial charge in [0.15, 0.2) is 0 Å². The monoisotopic (exact) mass is 341 g/mol. The zero-order chi connectivity index (χ0) is 18.1. The number of amides is 1. The molecule has 0 aromatic heterocycles. The molecule has 1 saturated carbocycles. The Morgan fingerprint density at radius 2 is 1.96 bits per heavy atom. The molecule has 3 heteroatoms. The summed E-state index contributed by atoms with van der Waals surface area (Å²) in [7, 11) is 0. The summed E-state index contributed by atoms with van der Waals surface area (Å²) in [6.45, 7) is 10.7. The third-order valence-corrected chi connectivity index (χ3v) is 5.47. The Hall–Kier alpha value is -1.77. The maximum absolute atomic E-state index is 12.7. The number of ether oxygens (including phenoxy) is 1. The first-order chi connectivity index (χ1) is 11.8. The molecule has 0 spiro atoms. The first kappa shape index (κ1) is 18.0. The van der Waals surface area contributed by atoms with Gasteiger partial charge in [-0.3, -0.25) is 4.79 Å². The second kappa shape index (κ2) is 6.86. The highest BCUT2D eigenvalue weighted by atomic mass is 16.5. The quantitative estimate of drug-likeness (QED) is 0.712. The lowest BCUT2D eigenvalue weighted by atomic mass is 9.65. The van der Waals surface area contributed by atoms with Crippen molar-refractivity contribution in [3.05, 3.63) is 35.9 Å². The van der Waals surface area contributed by atoms with E-state index in [1.807, 2.05) is 30.3 Å². The minimum atomic E-state index is 0.151. The van der Waals surface area contributed by atoms with Gasteiger partial charge in [-0.15, -0.1) is 0 Å². The number of nitrogens with zero attached hydrogens (tertiary/aromatic N) is 1. The number of benzene rings is 1. The number of hydrogen-bond donors (Lipinski definition) is 0. The highest BCUT2D eigenvalue weighted by Gasteiger charge is 2.50. The molecule has 1 heterocycles. The molecule has 3 rings (SSSR count). The molecule has 2 bridgehead atoms. The van der Waals surface area contributed by atoms with Crippen LogP contribution >= 0.6 is 0 Å². The van der Waals surface area contributed by atoms with Gasteiger partial charge >= 0.3 is 0 Å². The lowest BCUT2D eigenvalue weighted by Gasteiger charge is -2.39. The van der Waals surface area contributed by atoms with Gasteiger partial charge in [0.25, 0.3) is 0 Å². The van der Waals surface area contributed by atoms with E-state index in [0.29, 0.717) is 11.5 Å². The standard InChI is InChI=1S/C22H31NO2/c1-5-12-25-19-9-6-17(7-10-19)8-11-20(24)23-16-22(4)14-18(23)13-21(2,3)15-22/h6-11,18H,5,12-16H2,1-4H3/b11-8+. The first-order valence-corrected chi connectivity index (χ1v) is 9.52. The summed E-state index contributed by atoms with van der Waals surface area (Å²) in [4.78, 5) is 14.8. The van der Waals surface area contributed by atoms with E-state index >= 15 is 0 Å². The Balaban J connectivity index is 1.63. The number of likely N-dealkylation sites (tertiary alicyclic amines) is 1. The van der Waals surface area contributed by atoms with Crippen molar-refractivity contribution in [2.24, 2.45) is 10.8 Å². The SMILES string of the molecule is CCCOc1ccc(/C=C/C(=O)N2CC3(C)CC2CC(C)(C)C3)cc1. The van der Waals surface area contributed by atoms with Crippen LogP contribution in [0.5, 0.6) is 5.75 Å². The number of fused-ring (bicyclic) bond motifs is 2. The summed E-state index contributed by atoms with van der Waals surface area (Å²) in [5.74, 6) is 1.03. The second-order valence-corrected chi connectivity index (χ2v) is 8.93. The second-order valence-electron chi connectivity index (χ2n) is 8.93.